The molecule has 3 heteroatoms. The summed E-state index contributed by atoms with van der Waals surface area (Å²) in [5.74, 6) is 1.25. The zero-order chi connectivity index (χ0) is 22.8. The van der Waals surface area contributed by atoms with Gasteiger partial charge in [0.1, 0.15) is 12.4 Å². The highest BCUT2D eigenvalue weighted by Gasteiger charge is 2.29. The lowest BCUT2D eigenvalue weighted by molar-refractivity contribution is -0.147. The number of ketones is 1. The van der Waals surface area contributed by atoms with Crippen molar-refractivity contribution in [2.24, 2.45) is 17.8 Å². The molecule has 0 spiro atoms. The fourth-order valence-corrected chi connectivity index (χ4v) is 2.77. The number of carbonyl (C=O) groups excluding carboxylic acids is 2. The minimum atomic E-state index is -0.133. The number of ether oxygens (including phenoxy) is 1. The number of fused-ring (bicyclic) bond motifs is 3. The molecule has 0 fully saturated rings. The van der Waals surface area contributed by atoms with E-state index in [1.165, 1.54) is 22.3 Å². The molecule has 164 valence electrons. The Kier molecular flexibility index (Phi) is 10.5. The van der Waals surface area contributed by atoms with Crippen molar-refractivity contribution in [3.63, 3.8) is 0 Å². The summed E-state index contributed by atoms with van der Waals surface area (Å²) in [6, 6.07) is 16.7. The van der Waals surface area contributed by atoms with Crippen molar-refractivity contribution in [2.75, 3.05) is 6.61 Å². The van der Waals surface area contributed by atoms with Gasteiger partial charge in [-0.3, -0.25) is 9.59 Å². The van der Waals surface area contributed by atoms with Gasteiger partial charge in [-0.15, -0.1) is 0 Å². The standard InChI is InChI=1S/C18H18O2.C5H10O.C4H10/c1-12(2)18(19)20-11-17-15-9-5-3-7-13(15)14-8-4-6-10-16(14)17;1-4(2)5(3)6;1-4(2)3/h3-10,12,17H,11H2,1-2H3;4H,1-3H3;4H,1-3H3. The van der Waals surface area contributed by atoms with E-state index < -0.39 is 0 Å². The largest absolute Gasteiger partial charge is 0.464 e. The second kappa shape index (κ2) is 12.3. The normalized spacial score (nSPS) is 11.8. The first-order chi connectivity index (χ1) is 14.1. The van der Waals surface area contributed by atoms with E-state index in [-0.39, 0.29) is 29.5 Å². The van der Waals surface area contributed by atoms with E-state index >= 15 is 0 Å². The summed E-state index contributed by atoms with van der Waals surface area (Å²) in [6.45, 7) is 16.0. The van der Waals surface area contributed by atoms with E-state index in [2.05, 4.69) is 57.2 Å². The maximum atomic E-state index is 11.7. The van der Waals surface area contributed by atoms with E-state index in [1.807, 2.05) is 39.8 Å². The molecule has 0 amide bonds. The lowest BCUT2D eigenvalue weighted by Gasteiger charge is -2.15. The minimum Gasteiger partial charge on any atom is -0.464 e. The fraction of sp³-hybridized carbons (Fsp3) is 0.481. The third-order valence-corrected chi connectivity index (χ3v) is 4.64. The Morgan fingerprint density at radius 1 is 0.767 bits per heavy atom. The van der Waals surface area contributed by atoms with Gasteiger partial charge >= 0.3 is 5.97 Å². The first-order valence-electron chi connectivity index (χ1n) is 10.9. The first kappa shape index (κ1) is 25.6. The lowest BCUT2D eigenvalue weighted by atomic mass is 9.98. The number of esters is 1. The van der Waals surface area contributed by atoms with E-state index in [0.717, 1.165) is 5.92 Å². The van der Waals surface area contributed by atoms with Crippen molar-refractivity contribution in [3.8, 4) is 11.1 Å². The van der Waals surface area contributed by atoms with Crippen LogP contribution < -0.4 is 0 Å². The zero-order valence-electron chi connectivity index (χ0n) is 19.9. The van der Waals surface area contributed by atoms with Gasteiger partial charge in [0.2, 0.25) is 0 Å². The van der Waals surface area contributed by atoms with Gasteiger partial charge in [-0.2, -0.15) is 0 Å². The van der Waals surface area contributed by atoms with Gasteiger partial charge < -0.3 is 4.74 Å². The van der Waals surface area contributed by atoms with Crippen LogP contribution in [0.1, 0.15) is 72.4 Å². The molecule has 0 atom stereocenters. The summed E-state index contributed by atoms with van der Waals surface area (Å²) < 4.78 is 5.46. The Bertz CT molecular complexity index is 770. The molecular formula is C27H38O3. The maximum Gasteiger partial charge on any atom is 0.308 e. The Balaban J connectivity index is 0.000000379. The summed E-state index contributed by atoms with van der Waals surface area (Å²) >= 11 is 0. The number of hydrogen-bond acceptors (Lipinski definition) is 3. The van der Waals surface area contributed by atoms with Gasteiger partial charge in [0, 0.05) is 11.8 Å². The number of hydrogen-bond donors (Lipinski definition) is 0. The van der Waals surface area contributed by atoms with Gasteiger partial charge in [0.15, 0.2) is 0 Å². The van der Waals surface area contributed by atoms with Gasteiger partial charge in [-0.25, -0.2) is 0 Å². The smallest absolute Gasteiger partial charge is 0.308 e. The molecule has 0 aliphatic heterocycles. The molecule has 2 aromatic carbocycles. The zero-order valence-corrected chi connectivity index (χ0v) is 19.9. The highest BCUT2D eigenvalue weighted by Crippen LogP contribution is 2.44. The first-order valence-corrected chi connectivity index (χ1v) is 10.9. The van der Waals surface area contributed by atoms with Crippen molar-refractivity contribution >= 4 is 11.8 Å². The molecule has 0 unspecified atom stereocenters. The van der Waals surface area contributed by atoms with Gasteiger partial charge in [0.05, 0.1) is 5.92 Å². The summed E-state index contributed by atoms with van der Waals surface area (Å²) in [5, 5.41) is 0. The second-order valence-corrected chi connectivity index (χ2v) is 9.01. The number of carbonyl (C=O) groups is 2. The summed E-state index contributed by atoms with van der Waals surface area (Å²) in [4.78, 5) is 21.8. The molecular weight excluding hydrogens is 372 g/mol. The molecule has 1 aliphatic rings. The maximum absolute atomic E-state index is 11.7. The quantitative estimate of drug-likeness (QED) is 0.515. The number of benzene rings is 2. The predicted molar refractivity (Wildman–Crippen MR) is 126 cm³/mol. The van der Waals surface area contributed by atoms with Crippen LogP contribution in [-0.4, -0.2) is 18.4 Å². The number of rotatable bonds is 4. The number of Topliss-reactive ketones (excluding diaryl/α,β-unsaturated/α-hetero) is 1. The molecule has 3 nitrogen and oxygen atoms in total. The van der Waals surface area contributed by atoms with Crippen LogP contribution in [0.25, 0.3) is 11.1 Å². The van der Waals surface area contributed by atoms with E-state index in [0.29, 0.717) is 6.61 Å². The van der Waals surface area contributed by atoms with Crippen LogP contribution in [0.5, 0.6) is 0 Å². The van der Waals surface area contributed by atoms with Gasteiger partial charge in [0.25, 0.3) is 0 Å². The molecule has 0 aromatic heterocycles. The predicted octanol–water partition coefficient (Wildman–Crippen LogP) is 6.89. The molecule has 30 heavy (non-hydrogen) atoms. The van der Waals surface area contributed by atoms with Crippen molar-refractivity contribution in [2.45, 2.75) is 61.3 Å². The second-order valence-electron chi connectivity index (χ2n) is 9.01. The molecule has 0 N–H and O–H groups in total. The van der Waals surface area contributed by atoms with E-state index in [9.17, 15) is 9.59 Å². The summed E-state index contributed by atoms with van der Waals surface area (Å²) in [6.07, 6.45) is 0. The van der Waals surface area contributed by atoms with Crippen molar-refractivity contribution < 1.29 is 14.3 Å². The topological polar surface area (TPSA) is 43.4 Å². The van der Waals surface area contributed by atoms with Crippen molar-refractivity contribution in [3.05, 3.63) is 59.7 Å². The third-order valence-electron chi connectivity index (χ3n) is 4.64. The third kappa shape index (κ3) is 7.78. The summed E-state index contributed by atoms with van der Waals surface area (Å²) in [5.41, 5.74) is 5.03. The van der Waals surface area contributed by atoms with Crippen LogP contribution in [0.15, 0.2) is 48.5 Å². The SMILES string of the molecule is CC(=O)C(C)C.CC(C)C.CC(C)C(=O)OCC1c2ccccc2-c2ccccc21. The van der Waals surface area contributed by atoms with Crippen LogP contribution in [0.3, 0.4) is 0 Å². The van der Waals surface area contributed by atoms with Crippen LogP contribution in [0.4, 0.5) is 0 Å². The molecule has 0 saturated carbocycles. The Hall–Kier alpha value is -2.42. The van der Waals surface area contributed by atoms with E-state index in [1.54, 1.807) is 6.92 Å². The fourth-order valence-electron chi connectivity index (χ4n) is 2.77. The van der Waals surface area contributed by atoms with Gasteiger partial charge in [-0.1, -0.05) is 97.0 Å². The van der Waals surface area contributed by atoms with Crippen LogP contribution in [-0.2, 0) is 14.3 Å². The monoisotopic (exact) mass is 410 g/mol. The van der Waals surface area contributed by atoms with Crippen molar-refractivity contribution in [1.82, 2.24) is 0 Å². The lowest BCUT2D eigenvalue weighted by Crippen LogP contribution is -2.16. The van der Waals surface area contributed by atoms with Gasteiger partial charge in [-0.05, 0) is 35.1 Å². The highest BCUT2D eigenvalue weighted by atomic mass is 16.5. The van der Waals surface area contributed by atoms with Crippen LogP contribution >= 0.6 is 0 Å². The molecule has 0 heterocycles. The average molecular weight is 411 g/mol. The molecule has 0 saturated heterocycles. The molecule has 0 radical (unpaired) electrons. The highest BCUT2D eigenvalue weighted by molar-refractivity contribution is 5.79. The van der Waals surface area contributed by atoms with Crippen LogP contribution in [0.2, 0.25) is 0 Å². The van der Waals surface area contributed by atoms with Crippen LogP contribution in [0, 0.1) is 17.8 Å². The summed E-state index contributed by atoms with van der Waals surface area (Å²) in [7, 11) is 0. The average Bonchev–Trinajstić information content (AvgIpc) is 3.00. The Morgan fingerprint density at radius 2 is 1.13 bits per heavy atom. The molecule has 2 aromatic rings. The Morgan fingerprint density at radius 3 is 1.47 bits per heavy atom. The minimum absolute atomic E-state index is 0.0816. The molecule has 1 aliphatic carbocycles. The Labute approximate surface area is 182 Å². The van der Waals surface area contributed by atoms with E-state index in [4.69, 9.17) is 4.74 Å². The van der Waals surface area contributed by atoms with Crippen molar-refractivity contribution in [1.29, 1.82) is 0 Å². The molecule has 3 rings (SSSR count). The molecule has 0 bridgehead atoms.